The Kier molecular flexibility index (Phi) is 9.07. The van der Waals surface area contributed by atoms with E-state index in [1.807, 2.05) is 54.6 Å². The molecule has 41 heavy (non-hydrogen) atoms. The Morgan fingerprint density at radius 3 is 2.00 bits per heavy atom. The van der Waals surface area contributed by atoms with Crippen LogP contribution in [-0.4, -0.2) is 58.7 Å². The fourth-order valence-electron chi connectivity index (χ4n) is 5.08. The van der Waals surface area contributed by atoms with Crippen LogP contribution in [0, 0.1) is 0 Å². The molecule has 214 valence electrons. The predicted molar refractivity (Wildman–Crippen MR) is 152 cm³/mol. The predicted octanol–water partition coefficient (Wildman–Crippen LogP) is 4.74. The van der Waals surface area contributed by atoms with Crippen LogP contribution in [0.2, 0.25) is 0 Å². The van der Waals surface area contributed by atoms with E-state index in [1.54, 1.807) is 31.2 Å². The van der Waals surface area contributed by atoms with Gasteiger partial charge >= 0.3 is 18.0 Å². The van der Waals surface area contributed by atoms with Crippen molar-refractivity contribution in [1.29, 1.82) is 0 Å². The van der Waals surface area contributed by atoms with Gasteiger partial charge in [-0.3, -0.25) is 9.59 Å². The Morgan fingerprint density at radius 1 is 0.878 bits per heavy atom. The Labute approximate surface area is 239 Å². The average molecular weight is 559 g/mol. The first kappa shape index (κ1) is 29.3. The van der Waals surface area contributed by atoms with Crippen LogP contribution < -0.4 is 5.32 Å². The molecule has 3 aromatic rings. The van der Waals surface area contributed by atoms with E-state index >= 15 is 0 Å². The van der Waals surface area contributed by atoms with E-state index in [0.29, 0.717) is 0 Å². The lowest BCUT2D eigenvalue weighted by Crippen LogP contribution is -2.59. The van der Waals surface area contributed by atoms with Crippen LogP contribution in [0.25, 0.3) is 11.1 Å². The molecule has 0 aromatic heterocycles. The molecule has 2 N–H and O–H groups in total. The number of nitrogens with zero attached hydrogens (tertiary/aromatic N) is 1. The maximum atomic E-state index is 13.5. The molecular weight excluding hydrogens is 524 g/mol. The molecule has 2 amide bonds. The van der Waals surface area contributed by atoms with Gasteiger partial charge in [-0.1, -0.05) is 78.9 Å². The van der Waals surface area contributed by atoms with Gasteiger partial charge in [0.05, 0.1) is 6.42 Å². The highest BCUT2D eigenvalue weighted by Gasteiger charge is 2.41. The number of nitrogens with one attached hydrogen (secondary N) is 1. The summed E-state index contributed by atoms with van der Waals surface area (Å²) in [6.45, 7) is 4.44. The Morgan fingerprint density at radius 2 is 1.44 bits per heavy atom. The first-order valence-corrected chi connectivity index (χ1v) is 13.5. The number of fused-ring (bicyclic) bond motifs is 3. The van der Waals surface area contributed by atoms with Crippen LogP contribution in [0.15, 0.2) is 78.9 Å². The molecule has 4 rings (SSSR count). The maximum absolute atomic E-state index is 13.5. The summed E-state index contributed by atoms with van der Waals surface area (Å²) in [5.74, 6) is -2.88. The number of hydrogen-bond acceptors (Lipinski definition) is 6. The van der Waals surface area contributed by atoms with Gasteiger partial charge in [-0.15, -0.1) is 0 Å². The second-order valence-corrected chi connectivity index (χ2v) is 10.3. The minimum absolute atomic E-state index is 0.0103. The second-order valence-electron chi connectivity index (χ2n) is 10.3. The Bertz CT molecular complexity index is 1370. The van der Waals surface area contributed by atoms with Crippen molar-refractivity contribution in [3.05, 3.63) is 95.6 Å². The number of amides is 2. The third kappa shape index (κ3) is 6.57. The van der Waals surface area contributed by atoms with Crippen LogP contribution in [0.4, 0.5) is 4.79 Å². The zero-order valence-corrected chi connectivity index (χ0v) is 23.3. The van der Waals surface area contributed by atoms with Crippen molar-refractivity contribution in [1.82, 2.24) is 10.2 Å². The standard InChI is InChI=1S/C32H34N2O7/c1-4-34(32(2,3)30(37)38)29(36)27(18-28(35)40-19-21-12-6-5-7-13-21)33-31(39)41-20-26-24-16-10-8-14-22(24)23-15-9-11-17-25(23)26/h5-17,26-27H,4,18-20H2,1-3H3,(H,33,39)(H,37,38)/t27-/m0/s1. The lowest BCUT2D eigenvalue weighted by molar-refractivity contribution is -0.158. The molecule has 0 spiro atoms. The van der Waals surface area contributed by atoms with E-state index in [1.165, 1.54) is 13.8 Å². The van der Waals surface area contributed by atoms with Gasteiger partial charge in [0.1, 0.15) is 24.8 Å². The maximum Gasteiger partial charge on any atom is 0.407 e. The molecule has 9 heteroatoms. The number of benzene rings is 3. The molecule has 3 aromatic carbocycles. The summed E-state index contributed by atoms with van der Waals surface area (Å²) >= 11 is 0. The molecule has 0 saturated carbocycles. The largest absolute Gasteiger partial charge is 0.480 e. The van der Waals surface area contributed by atoms with Crippen LogP contribution in [0.1, 0.15) is 49.8 Å². The lowest BCUT2D eigenvalue weighted by Gasteiger charge is -2.36. The molecule has 0 unspecified atom stereocenters. The minimum Gasteiger partial charge on any atom is -0.480 e. The fraction of sp³-hybridized carbons (Fsp3) is 0.312. The van der Waals surface area contributed by atoms with Gasteiger partial charge < -0.3 is 24.8 Å². The normalized spacial score (nSPS) is 13.0. The lowest BCUT2D eigenvalue weighted by atomic mass is 9.98. The highest BCUT2D eigenvalue weighted by molar-refractivity contribution is 5.93. The van der Waals surface area contributed by atoms with Crippen LogP contribution in [0.5, 0.6) is 0 Å². The van der Waals surface area contributed by atoms with Gasteiger partial charge in [0.25, 0.3) is 0 Å². The van der Waals surface area contributed by atoms with E-state index in [0.717, 1.165) is 32.7 Å². The summed E-state index contributed by atoms with van der Waals surface area (Å²) in [7, 11) is 0. The highest BCUT2D eigenvalue weighted by Crippen LogP contribution is 2.44. The van der Waals surface area contributed by atoms with Gasteiger partial charge in [0, 0.05) is 12.5 Å². The third-order valence-corrected chi connectivity index (χ3v) is 7.33. The van der Waals surface area contributed by atoms with E-state index in [-0.39, 0.29) is 25.7 Å². The van der Waals surface area contributed by atoms with Crippen LogP contribution in [0.3, 0.4) is 0 Å². The molecule has 1 aliphatic rings. The number of rotatable bonds is 11. The molecule has 1 atom stereocenters. The van der Waals surface area contributed by atoms with E-state index in [4.69, 9.17) is 9.47 Å². The van der Waals surface area contributed by atoms with Crippen LogP contribution in [-0.2, 0) is 30.5 Å². The van der Waals surface area contributed by atoms with Gasteiger partial charge in [-0.05, 0) is 48.6 Å². The molecular formula is C32H34N2O7. The summed E-state index contributed by atoms with van der Waals surface area (Å²) < 4.78 is 10.9. The zero-order chi connectivity index (χ0) is 29.6. The Hall–Kier alpha value is -4.66. The molecule has 0 radical (unpaired) electrons. The fourth-order valence-corrected chi connectivity index (χ4v) is 5.08. The SMILES string of the molecule is CCN(C(=O)[C@H](CC(=O)OCc1ccccc1)NC(=O)OCC1c2ccccc2-c2ccccc21)C(C)(C)C(=O)O. The summed E-state index contributed by atoms with van der Waals surface area (Å²) in [4.78, 5) is 52.3. The third-order valence-electron chi connectivity index (χ3n) is 7.33. The number of aliphatic carboxylic acids is 1. The van der Waals surface area contributed by atoms with E-state index in [2.05, 4.69) is 5.32 Å². The number of hydrogen-bond donors (Lipinski definition) is 2. The van der Waals surface area contributed by atoms with E-state index in [9.17, 15) is 24.3 Å². The van der Waals surface area contributed by atoms with Crippen molar-refractivity contribution in [3.63, 3.8) is 0 Å². The smallest absolute Gasteiger partial charge is 0.407 e. The molecule has 0 fully saturated rings. The summed E-state index contributed by atoms with van der Waals surface area (Å²) in [6, 6.07) is 23.4. The summed E-state index contributed by atoms with van der Waals surface area (Å²) in [5.41, 5.74) is 3.37. The Balaban J connectivity index is 1.48. The number of likely N-dealkylation sites (N-methyl/N-ethyl adjacent to an activating group) is 1. The topological polar surface area (TPSA) is 122 Å². The number of alkyl carbamates (subject to hydrolysis) is 1. The number of carbonyl (C=O) groups excluding carboxylic acids is 3. The second kappa shape index (κ2) is 12.7. The van der Waals surface area contributed by atoms with Crippen molar-refractivity contribution in [2.45, 2.75) is 51.3 Å². The van der Waals surface area contributed by atoms with Gasteiger partial charge in [-0.25, -0.2) is 9.59 Å². The quantitative estimate of drug-likeness (QED) is 0.326. The zero-order valence-electron chi connectivity index (χ0n) is 23.3. The molecule has 1 aliphatic carbocycles. The van der Waals surface area contributed by atoms with Gasteiger partial charge in [-0.2, -0.15) is 0 Å². The molecule has 9 nitrogen and oxygen atoms in total. The number of carboxylic acid groups (broad SMARTS) is 1. The van der Waals surface area contributed by atoms with Crippen molar-refractivity contribution in [3.8, 4) is 11.1 Å². The van der Waals surface area contributed by atoms with E-state index < -0.39 is 41.9 Å². The minimum atomic E-state index is -1.58. The van der Waals surface area contributed by atoms with Crippen molar-refractivity contribution < 1.29 is 33.8 Å². The number of carbonyl (C=O) groups is 4. The first-order valence-electron chi connectivity index (χ1n) is 13.5. The number of carboxylic acids is 1. The first-order chi connectivity index (χ1) is 19.6. The van der Waals surface area contributed by atoms with Gasteiger partial charge in [0.15, 0.2) is 0 Å². The molecule has 0 bridgehead atoms. The monoisotopic (exact) mass is 558 g/mol. The van der Waals surface area contributed by atoms with Gasteiger partial charge in [0.2, 0.25) is 5.91 Å². The summed E-state index contributed by atoms with van der Waals surface area (Å²) in [5, 5.41) is 12.2. The average Bonchev–Trinajstić information content (AvgIpc) is 3.29. The number of ether oxygens (including phenoxy) is 2. The van der Waals surface area contributed by atoms with Crippen molar-refractivity contribution in [2.24, 2.45) is 0 Å². The highest BCUT2D eigenvalue weighted by atomic mass is 16.5. The van der Waals surface area contributed by atoms with Crippen molar-refractivity contribution >= 4 is 23.9 Å². The molecule has 0 aliphatic heterocycles. The molecule has 0 heterocycles. The summed E-state index contributed by atoms with van der Waals surface area (Å²) in [6.07, 6.45) is -1.40. The molecule has 0 saturated heterocycles. The van der Waals surface area contributed by atoms with Crippen molar-refractivity contribution in [2.75, 3.05) is 13.2 Å². The van der Waals surface area contributed by atoms with Crippen LogP contribution >= 0.6 is 0 Å². The number of esters is 1.